The Morgan fingerprint density at radius 1 is 1.05 bits per heavy atom. The molecule has 0 bridgehead atoms. The van der Waals surface area contributed by atoms with Crippen LogP contribution in [0.25, 0.3) is 33.5 Å². The Labute approximate surface area is 217 Å². The molecule has 1 fully saturated rings. The number of carbonyl (C=O) groups is 1. The first-order valence-corrected chi connectivity index (χ1v) is 13.2. The van der Waals surface area contributed by atoms with E-state index in [1.54, 1.807) is 6.92 Å². The molecule has 37 heavy (non-hydrogen) atoms. The number of aromatic nitrogens is 5. The molecule has 0 spiro atoms. The lowest BCUT2D eigenvalue weighted by Gasteiger charge is -2.29. The van der Waals surface area contributed by atoms with E-state index in [0.717, 1.165) is 78.0 Å². The molecule has 8 nitrogen and oxygen atoms in total. The minimum atomic E-state index is 0.0954. The molecule has 6 rings (SSSR count). The van der Waals surface area contributed by atoms with Gasteiger partial charge in [0, 0.05) is 85.5 Å². The molecule has 0 aliphatic carbocycles. The molecule has 0 N–H and O–H groups in total. The summed E-state index contributed by atoms with van der Waals surface area (Å²) in [6.45, 7) is 10.4. The molecule has 8 heteroatoms. The van der Waals surface area contributed by atoms with Crippen molar-refractivity contribution in [2.75, 3.05) is 19.8 Å². The molecule has 0 unspecified atom stereocenters. The Morgan fingerprint density at radius 2 is 1.86 bits per heavy atom. The van der Waals surface area contributed by atoms with Crippen molar-refractivity contribution >= 4 is 16.8 Å². The molecule has 192 valence electrons. The lowest BCUT2D eigenvalue weighted by molar-refractivity contribution is -0.129. The highest BCUT2D eigenvalue weighted by Crippen LogP contribution is 2.37. The number of hydrogen-bond acceptors (Lipinski definition) is 6. The van der Waals surface area contributed by atoms with E-state index in [9.17, 15) is 4.79 Å². The number of rotatable bonds is 3. The van der Waals surface area contributed by atoms with Gasteiger partial charge in [0.15, 0.2) is 5.82 Å². The molecule has 1 amide bonds. The monoisotopic (exact) mass is 498 g/mol. The van der Waals surface area contributed by atoms with Crippen LogP contribution in [0.3, 0.4) is 0 Å². The Morgan fingerprint density at radius 3 is 2.59 bits per heavy atom. The summed E-state index contributed by atoms with van der Waals surface area (Å²) in [7, 11) is 0. The summed E-state index contributed by atoms with van der Waals surface area (Å²) in [6, 6.07) is 10.4. The molecule has 0 saturated carbocycles. The zero-order valence-corrected chi connectivity index (χ0v) is 22.1. The quantitative estimate of drug-likeness (QED) is 0.389. The summed E-state index contributed by atoms with van der Waals surface area (Å²) in [5.41, 5.74) is 7.02. The van der Waals surface area contributed by atoms with Crippen molar-refractivity contribution < 1.29 is 9.53 Å². The molecule has 2 aliphatic rings. The van der Waals surface area contributed by atoms with E-state index in [2.05, 4.69) is 20.7 Å². The van der Waals surface area contributed by atoms with Crippen LogP contribution in [0.1, 0.15) is 56.6 Å². The van der Waals surface area contributed by atoms with Crippen molar-refractivity contribution in [3.8, 4) is 22.6 Å². The van der Waals surface area contributed by atoms with Crippen LogP contribution < -0.4 is 0 Å². The van der Waals surface area contributed by atoms with Crippen molar-refractivity contribution in [2.45, 2.75) is 59.5 Å². The normalized spacial score (nSPS) is 15.7. The van der Waals surface area contributed by atoms with Crippen LogP contribution >= 0.6 is 0 Å². The number of amides is 1. The van der Waals surface area contributed by atoms with Crippen molar-refractivity contribution in [3.63, 3.8) is 0 Å². The van der Waals surface area contributed by atoms with Gasteiger partial charge in [-0.2, -0.15) is 5.10 Å². The van der Waals surface area contributed by atoms with Gasteiger partial charge in [-0.05, 0) is 38.0 Å². The third-order valence-corrected chi connectivity index (χ3v) is 7.12. The predicted octanol–water partition coefficient (Wildman–Crippen LogP) is 5.15. The SMILES string of the molecule is CC.CC(=O)N1CCc2c(c(-c3cccc4nc(-c5ccc(C)nc5)ncc34)nn2C2CCOCC2)C1. The zero-order chi connectivity index (χ0) is 25.9. The van der Waals surface area contributed by atoms with Gasteiger partial charge in [-0.15, -0.1) is 0 Å². The largest absolute Gasteiger partial charge is 0.381 e. The molecule has 2 aliphatic heterocycles. The third-order valence-electron chi connectivity index (χ3n) is 7.12. The van der Waals surface area contributed by atoms with Crippen molar-refractivity contribution in [2.24, 2.45) is 0 Å². The molecular weight excluding hydrogens is 464 g/mol. The van der Waals surface area contributed by atoms with Crippen LogP contribution in [0.4, 0.5) is 0 Å². The predicted molar refractivity (Wildman–Crippen MR) is 144 cm³/mol. The molecule has 1 saturated heterocycles. The summed E-state index contributed by atoms with van der Waals surface area (Å²) in [4.78, 5) is 28.0. The molecule has 1 aromatic carbocycles. The average Bonchev–Trinajstić information content (AvgIpc) is 3.33. The highest BCUT2D eigenvalue weighted by molar-refractivity contribution is 5.94. The summed E-state index contributed by atoms with van der Waals surface area (Å²) in [5, 5.41) is 6.13. The summed E-state index contributed by atoms with van der Waals surface area (Å²) >= 11 is 0. The molecular formula is C29H34N6O2. The molecule has 3 aromatic heterocycles. The van der Waals surface area contributed by atoms with E-state index in [1.807, 2.05) is 62.3 Å². The topological polar surface area (TPSA) is 86.0 Å². The number of pyridine rings is 1. The number of benzene rings is 1. The molecule has 5 heterocycles. The van der Waals surface area contributed by atoms with E-state index in [1.165, 1.54) is 5.69 Å². The number of ether oxygens (including phenoxy) is 1. The van der Waals surface area contributed by atoms with Gasteiger partial charge < -0.3 is 9.64 Å². The average molecular weight is 499 g/mol. The Kier molecular flexibility index (Phi) is 7.28. The first kappa shape index (κ1) is 25.0. The maximum absolute atomic E-state index is 12.2. The highest BCUT2D eigenvalue weighted by Gasteiger charge is 2.30. The van der Waals surface area contributed by atoms with Gasteiger partial charge in [-0.3, -0.25) is 14.5 Å². The maximum Gasteiger partial charge on any atom is 0.219 e. The Hall–Kier alpha value is -3.65. The van der Waals surface area contributed by atoms with E-state index >= 15 is 0 Å². The lowest BCUT2D eigenvalue weighted by Crippen LogP contribution is -2.35. The van der Waals surface area contributed by atoms with Crippen LogP contribution in [0.5, 0.6) is 0 Å². The first-order chi connectivity index (χ1) is 18.1. The van der Waals surface area contributed by atoms with Crippen LogP contribution in [0.15, 0.2) is 42.7 Å². The number of nitrogens with zero attached hydrogens (tertiary/aromatic N) is 6. The Balaban J connectivity index is 0.00000137. The van der Waals surface area contributed by atoms with Crippen LogP contribution in [-0.2, 0) is 22.5 Å². The van der Waals surface area contributed by atoms with Gasteiger partial charge in [-0.25, -0.2) is 9.97 Å². The standard InChI is InChI=1S/C27H28N6O2.C2H6/c1-17-6-7-19(14-28-17)27-29-15-22-21(4-3-5-24(22)30-27)26-23-16-32(18(2)34)11-8-25(23)33(31-26)20-9-12-35-13-10-20;1-2/h3-7,14-15,20H,8-13,16H2,1-2H3;1-2H3. The number of carbonyl (C=O) groups excluding carboxylic acids is 1. The number of fused-ring (bicyclic) bond motifs is 2. The van der Waals surface area contributed by atoms with Crippen LogP contribution in [0, 0.1) is 6.92 Å². The number of hydrogen-bond donors (Lipinski definition) is 0. The van der Waals surface area contributed by atoms with E-state index in [4.69, 9.17) is 14.8 Å². The zero-order valence-electron chi connectivity index (χ0n) is 22.1. The van der Waals surface area contributed by atoms with Gasteiger partial charge in [0.25, 0.3) is 0 Å². The lowest BCUT2D eigenvalue weighted by atomic mass is 9.98. The molecule has 0 atom stereocenters. The molecule has 0 radical (unpaired) electrons. The summed E-state index contributed by atoms with van der Waals surface area (Å²) in [6.07, 6.45) is 6.42. The second-order valence-corrected chi connectivity index (χ2v) is 9.37. The highest BCUT2D eigenvalue weighted by atomic mass is 16.5. The Bertz CT molecular complexity index is 1410. The first-order valence-electron chi connectivity index (χ1n) is 13.2. The van der Waals surface area contributed by atoms with Gasteiger partial charge in [0.2, 0.25) is 5.91 Å². The van der Waals surface area contributed by atoms with Gasteiger partial charge in [0.1, 0.15) is 0 Å². The maximum atomic E-state index is 12.2. The van der Waals surface area contributed by atoms with E-state index in [0.29, 0.717) is 18.4 Å². The van der Waals surface area contributed by atoms with Gasteiger partial charge >= 0.3 is 0 Å². The van der Waals surface area contributed by atoms with Crippen molar-refractivity contribution in [1.29, 1.82) is 0 Å². The van der Waals surface area contributed by atoms with Crippen LogP contribution in [-0.4, -0.2) is 55.3 Å². The van der Waals surface area contributed by atoms with Crippen LogP contribution in [0.2, 0.25) is 0 Å². The second kappa shape index (κ2) is 10.8. The van der Waals surface area contributed by atoms with E-state index in [-0.39, 0.29) is 5.91 Å². The van der Waals surface area contributed by atoms with Gasteiger partial charge in [0.05, 0.1) is 17.3 Å². The van der Waals surface area contributed by atoms with Gasteiger partial charge in [-0.1, -0.05) is 26.0 Å². The minimum Gasteiger partial charge on any atom is -0.381 e. The second-order valence-electron chi connectivity index (χ2n) is 9.37. The van der Waals surface area contributed by atoms with Crippen molar-refractivity contribution in [1.82, 2.24) is 29.6 Å². The minimum absolute atomic E-state index is 0.0954. The summed E-state index contributed by atoms with van der Waals surface area (Å²) < 4.78 is 7.82. The van der Waals surface area contributed by atoms with E-state index < -0.39 is 0 Å². The third kappa shape index (κ3) is 4.85. The molecule has 4 aromatic rings. The van der Waals surface area contributed by atoms with Crippen molar-refractivity contribution in [3.05, 3.63) is 59.7 Å². The smallest absolute Gasteiger partial charge is 0.219 e. The fourth-order valence-electron chi connectivity index (χ4n) is 5.16. The fraction of sp³-hybridized carbons (Fsp3) is 0.414. The summed E-state index contributed by atoms with van der Waals surface area (Å²) in [5.74, 6) is 0.748. The number of aryl methyl sites for hydroxylation is 1. The fourth-order valence-corrected chi connectivity index (χ4v) is 5.16.